The molecule has 0 spiro atoms. The number of nitrogens with zero attached hydrogens (tertiary/aromatic N) is 4. The molecule has 0 saturated carbocycles. The van der Waals surface area contributed by atoms with Crippen LogP contribution in [0.1, 0.15) is 21.5 Å². The van der Waals surface area contributed by atoms with E-state index in [2.05, 4.69) is 10.3 Å². The smallest absolute Gasteiger partial charge is 0.256 e. The van der Waals surface area contributed by atoms with Gasteiger partial charge in [0.15, 0.2) is 0 Å². The maximum atomic E-state index is 13.2. The molecule has 5 heteroatoms. The zero-order valence-corrected chi connectivity index (χ0v) is 14.2. The van der Waals surface area contributed by atoms with Crippen LogP contribution < -0.4 is 0 Å². The van der Waals surface area contributed by atoms with Crippen LogP contribution in [0, 0.1) is 0 Å². The van der Waals surface area contributed by atoms with Crippen LogP contribution in [0.2, 0.25) is 0 Å². The van der Waals surface area contributed by atoms with Crippen LogP contribution in [-0.4, -0.2) is 25.6 Å². The quantitative estimate of drug-likeness (QED) is 0.557. The number of amides is 1. The monoisotopic (exact) mass is 342 g/mol. The molecule has 0 bridgehead atoms. The maximum absolute atomic E-state index is 13.2. The Hall–Kier alpha value is -3.47. The van der Waals surface area contributed by atoms with Gasteiger partial charge in [0.05, 0.1) is 17.3 Å². The fraction of sp³-hybridized carbons (Fsp3) is 0.0952. The van der Waals surface area contributed by atoms with Crippen LogP contribution in [0.25, 0.3) is 5.52 Å². The summed E-state index contributed by atoms with van der Waals surface area (Å²) in [6, 6.07) is 23.7. The Morgan fingerprint density at radius 2 is 1.46 bits per heavy atom. The normalized spacial score (nSPS) is 10.8. The molecule has 2 heterocycles. The lowest BCUT2D eigenvalue weighted by molar-refractivity contribution is 0.0729. The van der Waals surface area contributed by atoms with Crippen LogP contribution >= 0.6 is 0 Å². The number of fused-ring (bicyclic) bond motifs is 1. The van der Waals surface area contributed by atoms with E-state index in [9.17, 15) is 4.79 Å². The second-order valence-corrected chi connectivity index (χ2v) is 6.15. The van der Waals surface area contributed by atoms with Crippen molar-refractivity contribution in [3.8, 4) is 0 Å². The highest BCUT2D eigenvalue weighted by molar-refractivity contribution is 5.94. The van der Waals surface area contributed by atoms with Gasteiger partial charge in [-0.25, -0.2) is 4.52 Å². The average molecular weight is 342 g/mol. The van der Waals surface area contributed by atoms with Gasteiger partial charge >= 0.3 is 0 Å². The Labute approximate surface area is 151 Å². The topological polar surface area (TPSA) is 50.5 Å². The number of carbonyl (C=O) groups excluding carboxylic acids is 1. The second kappa shape index (κ2) is 7.19. The van der Waals surface area contributed by atoms with Gasteiger partial charge in [-0.1, -0.05) is 65.9 Å². The fourth-order valence-electron chi connectivity index (χ4n) is 2.94. The number of hydrogen-bond donors (Lipinski definition) is 0. The molecule has 0 aliphatic carbocycles. The van der Waals surface area contributed by atoms with Crippen molar-refractivity contribution in [1.29, 1.82) is 0 Å². The molecule has 0 radical (unpaired) electrons. The Bertz CT molecular complexity index is 970. The Morgan fingerprint density at radius 3 is 2.08 bits per heavy atom. The van der Waals surface area contributed by atoms with Gasteiger partial charge in [-0.3, -0.25) is 4.79 Å². The molecule has 5 nitrogen and oxygen atoms in total. The maximum Gasteiger partial charge on any atom is 0.256 e. The van der Waals surface area contributed by atoms with Crippen LogP contribution in [0.5, 0.6) is 0 Å². The third kappa shape index (κ3) is 3.47. The molecular formula is C21H18N4O. The first-order valence-electron chi connectivity index (χ1n) is 8.47. The van der Waals surface area contributed by atoms with Gasteiger partial charge < -0.3 is 4.90 Å². The number of pyridine rings is 1. The van der Waals surface area contributed by atoms with E-state index >= 15 is 0 Å². The van der Waals surface area contributed by atoms with Gasteiger partial charge in [-0.05, 0) is 23.3 Å². The van der Waals surface area contributed by atoms with Crippen molar-refractivity contribution >= 4 is 11.4 Å². The highest BCUT2D eigenvalue weighted by Crippen LogP contribution is 2.15. The molecule has 0 saturated heterocycles. The molecule has 128 valence electrons. The van der Waals surface area contributed by atoms with Gasteiger partial charge in [0.2, 0.25) is 0 Å². The van der Waals surface area contributed by atoms with Gasteiger partial charge in [-0.15, -0.1) is 5.10 Å². The van der Waals surface area contributed by atoms with Gasteiger partial charge in [-0.2, -0.15) is 0 Å². The first-order valence-corrected chi connectivity index (χ1v) is 8.47. The van der Waals surface area contributed by atoms with Crippen molar-refractivity contribution in [3.05, 3.63) is 102 Å². The molecule has 4 aromatic rings. The predicted molar refractivity (Wildman–Crippen MR) is 99.4 cm³/mol. The zero-order valence-electron chi connectivity index (χ0n) is 14.2. The molecule has 1 amide bonds. The Kier molecular flexibility index (Phi) is 4.43. The number of benzene rings is 2. The molecule has 0 atom stereocenters. The van der Waals surface area contributed by atoms with Crippen LogP contribution in [0.4, 0.5) is 0 Å². The van der Waals surface area contributed by atoms with Crippen LogP contribution in [0.3, 0.4) is 0 Å². The SMILES string of the molecule is O=C(c1ccc2cnnn2c1)N(Cc1ccccc1)Cc1ccccc1. The van der Waals surface area contributed by atoms with Crippen molar-refractivity contribution < 1.29 is 4.79 Å². The molecule has 0 N–H and O–H groups in total. The summed E-state index contributed by atoms with van der Waals surface area (Å²) in [5.74, 6) is -0.0323. The largest absolute Gasteiger partial charge is 0.330 e. The van der Waals surface area contributed by atoms with Gasteiger partial charge in [0.25, 0.3) is 5.91 Å². The summed E-state index contributed by atoms with van der Waals surface area (Å²) in [5.41, 5.74) is 3.64. The first kappa shape index (κ1) is 16.0. The van der Waals surface area contributed by atoms with E-state index in [0.717, 1.165) is 16.6 Å². The third-order valence-corrected chi connectivity index (χ3v) is 4.26. The van der Waals surface area contributed by atoms with E-state index in [1.165, 1.54) is 0 Å². The highest BCUT2D eigenvalue weighted by Gasteiger charge is 2.17. The van der Waals surface area contributed by atoms with Gasteiger partial charge in [0.1, 0.15) is 0 Å². The zero-order chi connectivity index (χ0) is 17.8. The minimum Gasteiger partial charge on any atom is -0.330 e. The Morgan fingerprint density at radius 1 is 0.846 bits per heavy atom. The van der Waals surface area contributed by atoms with E-state index in [4.69, 9.17) is 0 Å². The third-order valence-electron chi connectivity index (χ3n) is 4.26. The number of rotatable bonds is 5. The van der Waals surface area contributed by atoms with E-state index < -0.39 is 0 Å². The first-order chi connectivity index (χ1) is 12.8. The Balaban J connectivity index is 1.65. The molecule has 0 aliphatic rings. The summed E-state index contributed by atoms with van der Waals surface area (Å²) < 4.78 is 1.62. The lowest BCUT2D eigenvalue weighted by atomic mass is 10.1. The van der Waals surface area contributed by atoms with Crippen LogP contribution in [0.15, 0.2) is 85.2 Å². The molecule has 2 aromatic heterocycles. The number of hydrogen-bond acceptors (Lipinski definition) is 3. The standard InChI is InChI=1S/C21H18N4O/c26-21(19-11-12-20-13-22-23-25(20)16-19)24(14-17-7-3-1-4-8-17)15-18-9-5-2-6-10-18/h1-13,16H,14-15H2. The summed E-state index contributed by atoms with van der Waals surface area (Å²) in [4.78, 5) is 15.0. The highest BCUT2D eigenvalue weighted by atomic mass is 16.2. The molecule has 26 heavy (non-hydrogen) atoms. The molecule has 2 aromatic carbocycles. The summed E-state index contributed by atoms with van der Waals surface area (Å²) in [6.07, 6.45) is 3.40. The summed E-state index contributed by atoms with van der Waals surface area (Å²) >= 11 is 0. The van der Waals surface area contributed by atoms with Crippen molar-refractivity contribution in [2.24, 2.45) is 0 Å². The van der Waals surface area contributed by atoms with E-state index in [0.29, 0.717) is 18.7 Å². The van der Waals surface area contributed by atoms with Crippen molar-refractivity contribution in [2.75, 3.05) is 0 Å². The number of carbonyl (C=O) groups is 1. The van der Waals surface area contributed by atoms with Crippen molar-refractivity contribution in [1.82, 2.24) is 19.7 Å². The summed E-state index contributed by atoms with van der Waals surface area (Å²) in [5, 5.41) is 7.86. The average Bonchev–Trinajstić information content (AvgIpc) is 3.16. The molecule has 0 aliphatic heterocycles. The molecule has 0 fully saturated rings. The van der Waals surface area contributed by atoms with E-state index in [-0.39, 0.29) is 5.91 Å². The lowest BCUT2D eigenvalue weighted by Gasteiger charge is -2.23. The van der Waals surface area contributed by atoms with Crippen molar-refractivity contribution in [2.45, 2.75) is 13.1 Å². The van der Waals surface area contributed by atoms with Gasteiger partial charge in [0, 0.05) is 19.3 Å². The second-order valence-electron chi connectivity index (χ2n) is 6.15. The van der Waals surface area contributed by atoms with E-state index in [1.807, 2.05) is 77.7 Å². The fourth-order valence-corrected chi connectivity index (χ4v) is 2.94. The van der Waals surface area contributed by atoms with E-state index in [1.54, 1.807) is 16.9 Å². The molecular weight excluding hydrogens is 324 g/mol. The minimum atomic E-state index is -0.0323. The summed E-state index contributed by atoms with van der Waals surface area (Å²) in [6.45, 7) is 1.09. The molecule has 4 rings (SSSR count). The predicted octanol–water partition coefficient (Wildman–Crippen LogP) is 3.57. The van der Waals surface area contributed by atoms with Crippen LogP contribution in [-0.2, 0) is 13.1 Å². The number of aromatic nitrogens is 3. The lowest BCUT2D eigenvalue weighted by Crippen LogP contribution is -2.30. The summed E-state index contributed by atoms with van der Waals surface area (Å²) in [7, 11) is 0. The molecule has 0 unspecified atom stereocenters. The van der Waals surface area contributed by atoms with Crippen molar-refractivity contribution in [3.63, 3.8) is 0 Å². The minimum absolute atomic E-state index is 0.0323.